The van der Waals surface area contributed by atoms with Crippen LogP contribution in [0.4, 0.5) is 27.5 Å². The van der Waals surface area contributed by atoms with Crippen LogP contribution in [0, 0.1) is 26.6 Å². The van der Waals surface area contributed by atoms with Crippen LogP contribution < -0.4 is 10.6 Å². The summed E-state index contributed by atoms with van der Waals surface area (Å²) in [6.45, 7) is 5.94. The Labute approximate surface area is 140 Å². The van der Waals surface area contributed by atoms with E-state index >= 15 is 0 Å². The van der Waals surface area contributed by atoms with Gasteiger partial charge in [0.2, 0.25) is 5.95 Å². The zero-order valence-corrected chi connectivity index (χ0v) is 13.9. The van der Waals surface area contributed by atoms with Crippen LogP contribution in [0.15, 0.2) is 48.5 Å². The fourth-order valence-electron chi connectivity index (χ4n) is 2.38. The Morgan fingerprint density at radius 2 is 1.62 bits per heavy atom. The number of para-hydroxylation sites is 1. The van der Waals surface area contributed by atoms with Gasteiger partial charge in [0.25, 0.3) is 0 Å². The molecular weight excluding hydrogens is 303 g/mol. The fourth-order valence-corrected chi connectivity index (χ4v) is 2.38. The molecule has 3 rings (SSSR count). The van der Waals surface area contributed by atoms with Crippen LogP contribution in [0.2, 0.25) is 0 Å². The summed E-state index contributed by atoms with van der Waals surface area (Å²) >= 11 is 0. The normalized spacial score (nSPS) is 10.5. The van der Waals surface area contributed by atoms with Crippen molar-refractivity contribution in [3.8, 4) is 0 Å². The minimum atomic E-state index is -0.321. The molecule has 0 saturated carbocycles. The Morgan fingerprint density at radius 3 is 2.42 bits per heavy atom. The number of aryl methyl sites for hydroxylation is 3. The standard InChI is InChI=1S/C19H19FN4/c1-12-8-9-13(2)17(10-12)23-19-21-14(3)11-18(24-19)22-16-7-5-4-6-15(16)20/h4-11H,1-3H3,(H2,21,22,23,24). The van der Waals surface area contributed by atoms with Gasteiger partial charge < -0.3 is 10.6 Å². The van der Waals surface area contributed by atoms with Crippen LogP contribution in [-0.4, -0.2) is 9.97 Å². The monoisotopic (exact) mass is 322 g/mol. The Hall–Kier alpha value is -2.95. The van der Waals surface area contributed by atoms with E-state index in [4.69, 9.17) is 0 Å². The lowest BCUT2D eigenvalue weighted by atomic mass is 10.1. The number of anilines is 4. The van der Waals surface area contributed by atoms with Crippen LogP contribution in [0.25, 0.3) is 0 Å². The highest BCUT2D eigenvalue weighted by molar-refractivity contribution is 5.62. The minimum absolute atomic E-state index is 0.321. The first-order valence-corrected chi connectivity index (χ1v) is 7.73. The van der Waals surface area contributed by atoms with E-state index in [0.29, 0.717) is 17.5 Å². The Morgan fingerprint density at radius 1 is 0.833 bits per heavy atom. The Balaban J connectivity index is 1.89. The highest BCUT2D eigenvalue weighted by atomic mass is 19.1. The van der Waals surface area contributed by atoms with E-state index in [1.807, 2.05) is 32.9 Å². The summed E-state index contributed by atoms with van der Waals surface area (Å²) in [6, 6.07) is 14.4. The average Bonchev–Trinajstić information content (AvgIpc) is 2.53. The number of aromatic nitrogens is 2. The summed E-state index contributed by atoms with van der Waals surface area (Å²) in [7, 11) is 0. The average molecular weight is 322 g/mol. The smallest absolute Gasteiger partial charge is 0.229 e. The molecule has 0 atom stereocenters. The number of hydrogen-bond donors (Lipinski definition) is 2. The summed E-state index contributed by atoms with van der Waals surface area (Å²) in [5, 5.41) is 6.24. The van der Waals surface area contributed by atoms with Gasteiger partial charge in [-0.2, -0.15) is 4.98 Å². The lowest BCUT2D eigenvalue weighted by Crippen LogP contribution is -2.04. The molecule has 3 aromatic rings. The van der Waals surface area contributed by atoms with Gasteiger partial charge >= 0.3 is 0 Å². The first-order chi connectivity index (χ1) is 11.5. The molecule has 0 amide bonds. The second-order valence-corrected chi connectivity index (χ2v) is 5.77. The molecule has 122 valence electrons. The predicted molar refractivity (Wildman–Crippen MR) is 95.7 cm³/mol. The third kappa shape index (κ3) is 3.68. The number of nitrogens with one attached hydrogen (secondary N) is 2. The van der Waals surface area contributed by atoms with E-state index in [2.05, 4.69) is 26.7 Å². The topological polar surface area (TPSA) is 49.8 Å². The van der Waals surface area contributed by atoms with Gasteiger partial charge in [-0.1, -0.05) is 24.3 Å². The van der Waals surface area contributed by atoms with E-state index in [9.17, 15) is 4.39 Å². The molecule has 5 heteroatoms. The lowest BCUT2D eigenvalue weighted by molar-refractivity contribution is 0.632. The molecule has 0 saturated heterocycles. The maximum Gasteiger partial charge on any atom is 0.229 e. The van der Waals surface area contributed by atoms with E-state index in [-0.39, 0.29) is 5.82 Å². The van der Waals surface area contributed by atoms with Crippen molar-refractivity contribution >= 4 is 23.1 Å². The van der Waals surface area contributed by atoms with Gasteiger partial charge in [-0.3, -0.25) is 0 Å². The van der Waals surface area contributed by atoms with Gasteiger partial charge in [0.05, 0.1) is 5.69 Å². The quantitative estimate of drug-likeness (QED) is 0.707. The first kappa shape index (κ1) is 15.9. The third-order valence-electron chi connectivity index (χ3n) is 3.63. The third-order valence-corrected chi connectivity index (χ3v) is 3.63. The molecule has 2 N–H and O–H groups in total. The molecule has 0 aliphatic carbocycles. The molecular formula is C19H19FN4. The zero-order chi connectivity index (χ0) is 17.1. The van der Waals surface area contributed by atoms with Crippen molar-refractivity contribution in [2.75, 3.05) is 10.6 Å². The molecule has 1 aromatic heterocycles. The SMILES string of the molecule is Cc1ccc(C)c(Nc2nc(C)cc(Nc3ccccc3F)n2)c1. The minimum Gasteiger partial charge on any atom is -0.338 e. The Kier molecular flexibility index (Phi) is 4.42. The molecule has 0 spiro atoms. The van der Waals surface area contributed by atoms with Crippen LogP contribution >= 0.6 is 0 Å². The highest BCUT2D eigenvalue weighted by Crippen LogP contribution is 2.23. The molecule has 4 nitrogen and oxygen atoms in total. The van der Waals surface area contributed by atoms with Gasteiger partial charge in [-0.15, -0.1) is 0 Å². The second kappa shape index (κ2) is 6.66. The van der Waals surface area contributed by atoms with Crippen LogP contribution in [0.5, 0.6) is 0 Å². The summed E-state index contributed by atoms with van der Waals surface area (Å²) in [5.74, 6) is 0.695. The maximum atomic E-state index is 13.8. The van der Waals surface area contributed by atoms with Crippen molar-refractivity contribution in [2.45, 2.75) is 20.8 Å². The van der Waals surface area contributed by atoms with Gasteiger partial charge in [-0.25, -0.2) is 9.37 Å². The summed E-state index contributed by atoms with van der Waals surface area (Å²) < 4.78 is 13.8. The molecule has 0 bridgehead atoms. The van der Waals surface area contributed by atoms with Crippen molar-refractivity contribution in [1.82, 2.24) is 9.97 Å². The molecule has 24 heavy (non-hydrogen) atoms. The maximum absolute atomic E-state index is 13.8. The predicted octanol–water partition coefficient (Wildman–Crippen LogP) is 5.03. The van der Waals surface area contributed by atoms with Crippen molar-refractivity contribution in [1.29, 1.82) is 0 Å². The van der Waals surface area contributed by atoms with Gasteiger partial charge in [0.15, 0.2) is 0 Å². The zero-order valence-electron chi connectivity index (χ0n) is 13.9. The van der Waals surface area contributed by atoms with Gasteiger partial charge in [-0.05, 0) is 50.1 Å². The van der Waals surface area contributed by atoms with Crippen molar-refractivity contribution < 1.29 is 4.39 Å². The number of hydrogen-bond acceptors (Lipinski definition) is 4. The van der Waals surface area contributed by atoms with E-state index in [1.165, 1.54) is 6.07 Å². The van der Waals surface area contributed by atoms with E-state index in [1.54, 1.807) is 24.3 Å². The van der Waals surface area contributed by atoms with Crippen molar-refractivity contribution in [3.63, 3.8) is 0 Å². The molecule has 0 aliphatic heterocycles. The molecule has 0 radical (unpaired) electrons. The first-order valence-electron chi connectivity index (χ1n) is 7.73. The summed E-state index contributed by atoms with van der Waals surface area (Å²) in [4.78, 5) is 8.84. The lowest BCUT2D eigenvalue weighted by Gasteiger charge is -2.12. The van der Waals surface area contributed by atoms with Crippen LogP contribution in [-0.2, 0) is 0 Å². The molecule has 0 fully saturated rings. The van der Waals surface area contributed by atoms with Crippen LogP contribution in [0.1, 0.15) is 16.8 Å². The number of benzene rings is 2. The van der Waals surface area contributed by atoms with Crippen LogP contribution in [0.3, 0.4) is 0 Å². The fraction of sp³-hybridized carbons (Fsp3) is 0.158. The molecule has 0 aliphatic rings. The highest BCUT2D eigenvalue weighted by Gasteiger charge is 2.07. The number of halogens is 1. The van der Waals surface area contributed by atoms with E-state index < -0.39 is 0 Å². The molecule has 2 aromatic carbocycles. The number of nitrogens with zero attached hydrogens (tertiary/aromatic N) is 2. The van der Waals surface area contributed by atoms with Crippen molar-refractivity contribution in [2.24, 2.45) is 0 Å². The largest absolute Gasteiger partial charge is 0.338 e. The Bertz CT molecular complexity index is 877. The number of rotatable bonds is 4. The van der Waals surface area contributed by atoms with Crippen molar-refractivity contribution in [3.05, 3.63) is 71.2 Å². The van der Waals surface area contributed by atoms with Gasteiger partial charge in [0, 0.05) is 17.4 Å². The second-order valence-electron chi connectivity index (χ2n) is 5.77. The summed E-state index contributed by atoms with van der Waals surface area (Å²) in [5.41, 5.74) is 4.39. The van der Waals surface area contributed by atoms with E-state index in [0.717, 1.165) is 22.5 Å². The van der Waals surface area contributed by atoms with Gasteiger partial charge in [0.1, 0.15) is 11.6 Å². The molecule has 0 unspecified atom stereocenters. The molecule has 1 heterocycles. The summed E-state index contributed by atoms with van der Waals surface area (Å²) in [6.07, 6.45) is 0.